The first-order valence-electron chi connectivity index (χ1n) is 9.46. The molecule has 0 aromatic rings. The van der Waals surface area contributed by atoms with Crippen LogP contribution in [0, 0.1) is 23.7 Å². The maximum Gasteiger partial charge on any atom is 0.0244 e. The van der Waals surface area contributed by atoms with Crippen molar-refractivity contribution in [3.8, 4) is 0 Å². The van der Waals surface area contributed by atoms with E-state index < -0.39 is 0 Å². The average molecular weight is 295 g/mol. The molecular weight excluding hydrogens is 256 g/mol. The Morgan fingerprint density at radius 1 is 1.00 bits per heavy atom. The monoisotopic (exact) mass is 294 g/mol. The van der Waals surface area contributed by atoms with Gasteiger partial charge in [0.2, 0.25) is 0 Å². The molecule has 2 fully saturated rings. The lowest BCUT2D eigenvalue weighted by Crippen LogP contribution is -2.61. The summed E-state index contributed by atoms with van der Waals surface area (Å²) >= 11 is 0. The Kier molecular flexibility index (Phi) is 6.55. The van der Waals surface area contributed by atoms with Crippen molar-refractivity contribution in [3.63, 3.8) is 0 Å². The maximum absolute atomic E-state index is 3.91. The van der Waals surface area contributed by atoms with E-state index >= 15 is 0 Å². The van der Waals surface area contributed by atoms with Crippen LogP contribution in [0.4, 0.5) is 0 Å². The fourth-order valence-corrected chi connectivity index (χ4v) is 4.15. The molecule has 3 atom stereocenters. The van der Waals surface area contributed by atoms with Crippen molar-refractivity contribution in [1.82, 2.24) is 10.2 Å². The van der Waals surface area contributed by atoms with Gasteiger partial charge in [0.25, 0.3) is 0 Å². The molecule has 2 heteroatoms. The van der Waals surface area contributed by atoms with E-state index in [0.717, 1.165) is 35.8 Å². The van der Waals surface area contributed by atoms with Crippen LogP contribution in [-0.2, 0) is 0 Å². The lowest BCUT2D eigenvalue weighted by Gasteiger charge is -2.46. The van der Waals surface area contributed by atoms with E-state index in [2.05, 4.69) is 44.8 Å². The smallest absolute Gasteiger partial charge is 0.0244 e. The topological polar surface area (TPSA) is 15.3 Å². The van der Waals surface area contributed by atoms with Gasteiger partial charge >= 0.3 is 0 Å². The summed E-state index contributed by atoms with van der Waals surface area (Å²) in [5, 5.41) is 3.91. The van der Waals surface area contributed by atoms with Crippen molar-refractivity contribution in [2.75, 3.05) is 19.6 Å². The van der Waals surface area contributed by atoms with Gasteiger partial charge in [-0.05, 0) is 36.5 Å². The van der Waals surface area contributed by atoms with Crippen LogP contribution in [0.3, 0.4) is 0 Å². The van der Waals surface area contributed by atoms with Crippen LogP contribution in [0.1, 0.15) is 66.7 Å². The number of rotatable bonds is 5. The predicted octanol–water partition coefficient (Wildman–Crippen LogP) is 4.16. The maximum atomic E-state index is 3.91. The first kappa shape index (κ1) is 17.3. The van der Waals surface area contributed by atoms with E-state index in [4.69, 9.17) is 0 Å². The van der Waals surface area contributed by atoms with Gasteiger partial charge in [-0.2, -0.15) is 0 Å². The number of hydrogen-bond donors (Lipinski definition) is 1. The van der Waals surface area contributed by atoms with Crippen molar-refractivity contribution in [1.29, 1.82) is 0 Å². The molecular formula is C19H38N2. The first-order valence-corrected chi connectivity index (χ1v) is 9.46. The van der Waals surface area contributed by atoms with E-state index in [1.165, 1.54) is 51.7 Å². The van der Waals surface area contributed by atoms with Gasteiger partial charge in [-0.1, -0.05) is 53.9 Å². The summed E-state index contributed by atoms with van der Waals surface area (Å²) in [6.07, 6.45) is 7.29. The zero-order valence-corrected chi connectivity index (χ0v) is 15.1. The Morgan fingerprint density at radius 2 is 1.67 bits per heavy atom. The van der Waals surface area contributed by atoms with Gasteiger partial charge in [-0.3, -0.25) is 4.90 Å². The lowest BCUT2D eigenvalue weighted by molar-refractivity contribution is 0.0549. The normalized spacial score (nSPS) is 31.0. The summed E-state index contributed by atoms with van der Waals surface area (Å²) in [4.78, 5) is 2.82. The SMILES string of the molecule is CC(C)C(C)CN1CC(C2CCCCC2)NCC1C(C)C. The van der Waals surface area contributed by atoms with Crippen LogP contribution in [0.25, 0.3) is 0 Å². The fraction of sp³-hybridized carbons (Fsp3) is 1.00. The molecule has 1 N–H and O–H groups in total. The van der Waals surface area contributed by atoms with Gasteiger partial charge < -0.3 is 5.32 Å². The van der Waals surface area contributed by atoms with E-state index in [1.807, 2.05) is 0 Å². The Hall–Kier alpha value is -0.0800. The molecule has 124 valence electrons. The molecule has 1 aliphatic carbocycles. The van der Waals surface area contributed by atoms with Gasteiger partial charge in [-0.25, -0.2) is 0 Å². The summed E-state index contributed by atoms with van der Waals surface area (Å²) in [7, 11) is 0. The van der Waals surface area contributed by atoms with Crippen molar-refractivity contribution in [2.45, 2.75) is 78.8 Å². The molecule has 0 amide bonds. The van der Waals surface area contributed by atoms with Crippen LogP contribution in [-0.4, -0.2) is 36.6 Å². The summed E-state index contributed by atoms with van der Waals surface area (Å²) in [5.74, 6) is 3.28. The van der Waals surface area contributed by atoms with Crippen LogP contribution in [0.5, 0.6) is 0 Å². The van der Waals surface area contributed by atoms with Gasteiger partial charge in [0, 0.05) is 31.7 Å². The molecule has 2 nitrogen and oxygen atoms in total. The van der Waals surface area contributed by atoms with Gasteiger partial charge in [0.05, 0.1) is 0 Å². The summed E-state index contributed by atoms with van der Waals surface area (Å²) in [6, 6.07) is 1.48. The highest BCUT2D eigenvalue weighted by Crippen LogP contribution is 2.30. The van der Waals surface area contributed by atoms with E-state index in [1.54, 1.807) is 0 Å². The largest absolute Gasteiger partial charge is 0.311 e. The third kappa shape index (κ3) is 4.69. The molecule has 1 saturated carbocycles. The minimum atomic E-state index is 0.728. The fourth-order valence-electron chi connectivity index (χ4n) is 4.15. The van der Waals surface area contributed by atoms with Gasteiger partial charge in [0.1, 0.15) is 0 Å². The molecule has 0 spiro atoms. The van der Waals surface area contributed by atoms with Gasteiger partial charge in [0.15, 0.2) is 0 Å². The zero-order valence-electron chi connectivity index (χ0n) is 15.1. The molecule has 21 heavy (non-hydrogen) atoms. The highest BCUT2D eigenvalue weighted by Gasteiger charge is 2.34. The predicted molar refractivity (Wildman–Crippen MR) is 92.6 cm³/mol. The third-order valence-corrected chi connectivity index (χ3v) is 6.14. The van der Waals surface area contributed by atoms with Crippen LogP contribution < -0.4 is 5.32 Å². The van der Waals surface area contributed by atoms with Crippen molar-refractivity contribution in [2.24, 2.45) is 23.7 Å². The molecule has 3 unspecified atom stereocenters. The Balaban J connectivity index is 1.97. The highest BCUT2D eigenvalue weighted by atomic mass is 15.2. The molecule has 0 radical (unpaired) electrons. The molecule has 2 aliphatic rings. The third-order valence-electron chi connectivity index (χ3n) is 6.14. The van der Waals surface area contributed by atoms with Crippen molar-refractivity contribution in [3.05, 3.63) is 0 Å². The summed E-state index contributed by atoms with van der Waals surface area (Å²) < 4.78 is 0. The molecule has 1 aliphatic heterocycles. The summed E-state index contributed by atoms with van der Waals surface area (Å²) in [5.41, 5.74) is 0. The minimum Gasteiger partial charge on any atom is -0.311 e. The second-order valence-corrected chi connectivity index (χ2v) is 8.40. The molecule has 0 bridgehead atoms. The average Bonchev–Trinajstić information content (AvgIpc) is 2.47. The van der Waals surface area contributed by atoms with Crippen LogP contribution >= 0.6 is 0 Å². The number of nitrogens with zero attached hydrogens (tertiary/aromatic N) is 1. The number of piperazine rings is 1. The van der Waals surface area contributed by atoms with Gasteiger partial charge in [-0.15, -0.1) is 0 Å². The van der Waals surface area contributed by atoms with E-state index in [0.29, 0.717) is 0 Å². The Bertz CT molecular complexity index is 294. The zero-order chi connectivity index (χ0) is 15.4. The quantitative estimate of drug-likeness (QED) is 0.819. The minimum absolute atomic E-state index is 0.728. The van der Waals surface area contributed by atoms with E-state index in [9.17, 15) is 0 Å². The second-order valence-electron chi connectivity index (χ2n) is 8.40. The van der Waals surface area contributed by atoms with Crippen LogP contribution in [0.15, 0.2) is 0 Å². The number of hydrogen-bond acceptors (Lipinski definition) is 2. The standard InChI is InChI=1S/C19H38N2/c1-14(2)16(5)12-21-13-18(17-9-7-6-8-10-17)20-11-19(21)15(3)4/h14-20H,6-13H2,1-5H3. The van der Waals surface area contributed by atoms with Crippen LogP contribution in [0.2, 0.25) is 0 Å². The Labute approximate surface area is 133 Å². The molecule has 1 heterocycles. The summed E-state index contributed by atoms with van der Waals surface area (Å²) in [6.45, 7) is 15.7. The first-order chi connectivity index (χ1) is 9.99. The molecule has 0 aromatic heterocycles. The lowest BCUT2D eigenvalue weighted by atomic mass is 9.81. The van der Waals surface area contributed by atoms with Crippen molar-refractivity contribution < 1.29 is 0 Å². The molecule has 1 saturated heterocycles. The Morgan fingerprint density at radius 3 is 2.24 bits per heavy atom. The van der Waals surface area contributed by atoms with E-state index in [-0.39, 0.29) is 0 Å². The number of nitrogens with one attached hydrogen (secondary N) is 1. The molecule has 2 rings (SSSR count). The van der Waals surface area contributed by atoms with Crippen molar-refractivity contribution >= 4 is 0 Å². The molecule has 0 aromatic carbocycles. The second kappa shape index (κ2) is 7.97. The highest BCUT2D eigenvalue weighted by molar-refractivity contribution is 4.92.